The molecule has 0 radical (unpaired) electrons. The standard InChI is InChI=1S/C24H31N5OS/c1-24(2,3)22-26-20-11-10-19(25-23(30)31-28-14-12-27(4)13-15-28)16-21(20)29(22)17-18-8-6-5-7-9-18/h5-11,16H,12-15,17H2,1-4H3,(H,25,30). The van der Waals surface area contributed by atoms with Crippen LogP contribution in [0.5, 0.6) is 0 Å². The van der Waals surface area contributed by atoms with Crippen molar-refractivity contribution in [2.75, 3.05) is 38.5 Å². The third kappa shape index (κ3) is 5.29. The van der Waals surface area contributed by atoms with Crippen LogP contribution in [0.25, 0.3) is 11.0 Å². The zero-order valence-electron chi connectivity index (χ0n) is 18.8. The lowest BCUT2D eigenvalue weighted by molar-refractivity contribution is 0.232. The summed E-state index contributed by atoms with van der Waals surface area (Å²) in [6, 6.07) is 16.4. The molecule has 4 rings (SSSR count). The highest BCUT2D eigenvalue weighted by molar-refractivity contribution is 8.11. The minimum Gasteiger partial charge on any atom is -0.323 e. The highest BCUT2D eigenvalue weighted by Crippen LogP contribution is 2.29. The molecule has 0 aliphatic carbocycles. The van der Waals surface area contributed by atoms with E-state index >= 15 is 0 Å². The molecule has 1 N–H and O–H groups in total. The van der Waals surface area contributed by atoms with Crippen LogP contribution in [0, 0.1) is 0 Å². The van der Waals surface area contributed by atoms with E-state index < -0.39 is 0 Å². The largest absolute Gasteiger partial charge is 0.323 e. The average Bonchev–Trinajstić information content (AvgIpc) is 3.09. The number of piperazine rings is 1. The van der Waals surface area contributed by atoms with Crippen molar-refractivity contribution in [2.45, 2.75) is 32.7 Å². The molecule has 1 fully saturated rings. The quantitative estimate of drug-likeness (QED) is 0.594. The van der Waals surface area contributed by atoms with E-state index in [1.807, 2.05) is 24.3 Å². The lowest BCUT2D eigenvalue weighted by atomic mass is 9.95. The van der Waals surface area contributed by atoms with Gasteiger partial charge >= 0.3 is 0 Å². The Morgan fingerprint density at radius 3 is 2.45 bits per heavy atom. The summed E-state index contributed by atoms with van der Waals surface area (Å²) < 4.78 is 4.40. The third-order valence-corrected chi connectivity index (χ3v) is 6.41. The number of hydrogen-bond donors (Lipinski definition) is 1. The number of aromatic nitrogens is 2. The highest BCUT2D eigenvalue weighted by Gasteiger charge is 2.23. The molecule has 1 saturated heterocycles. The second-order valence-corrected chi connectivity index (χ2v) is 10.3. The molecule has 2 aromatic carbocycles. The number of nitrogens with zero attached hydrogens (tertiary/aromatic N) is 4. The third-order valence-electron chi connectivity index (χ3n) is 5.52. The number of imidazole rings is 1. The van der Waals surface area contributed by atoms with E-state index in [1.54, 1.807) is 0 Å². The number of anilines is 1. The van der Waals surface area contributed by atoms with Gasteiger partial charge in [-0.05, 0) is 30.8 Å². The topological polar surface area (TPSA) is 53.4 Å². The fraction of sp³-hybridized carbons (Fsp3) is 0.417. The maximum atomic E-state index is 12.6. The second-order valence-electron chi connectivity index (χ2n) is 9.20. The first-order valence-electron chi connectivity index (χ1n) is 10.8. The molecule has 1 amide bonds. The summed E-state index contributed by atoms with van der Waals surface area (Å²) in [6.07, 6.45) is 0. The predicted molar refractivity (Wildman–Crippen MR) is 130 cm³/mol. The summed E-state index contributed by atoms with van der Waals surface area (Å²) in [5.41, 5.74) is 3.93. The first-order valence-corrected chi connectivity index (χ1v) is 11.5. The Kier molecular flexibility index (Phi) is 6.36. The average molecular weight is 438 g/mol. The van der Waals surface area contributed by atoms with Crippen molar-refractivity contribution < 1.29 is 4.79 Å². The summed E-state index contributed by atoms with van der Waals surface area (Å²) >= 11 is 1.27. The van der Waals surface area contributed by atoms with Crippen LogP contribution < -0.4 is 5.32 Å². The van der Waals surface area contributed by atoms with Gasteiger partial charge < -0.3 is 14.8 Å². The van der Waals surface area contributed by atoms with Crippen LogP contribution in [0.1, 0.15) is 32.2 Å². The highest BCUT2D eigenvalue weighted by atomic mass is 32.2. The Morgan fingerprint density at radius 1 is 1.06 bits per heavy atom. The molecule has 1 aliphatic rings. The van der Waals surface area contributed by atoms with E-state index in [1.165, 1.54) is 17.5 Å². The van der Waals surface area contributed by atoms with Crippen LogP contribution in [-0.4, -0.2) is 57.2 Å². The van der Waals surface area contributed by atoms with Crippen molar-refractivity contribution in [3.63, 3.8) is 0 Å². The fourth-order valence-corrected chi connectivity index (χ4v) is 4.58. The Bertz CT molecular complexity index is 1050. The Morgan fingerprint density at radius 2 is 1.77 bits per heavy atom. The summed E-state index contributed by atoms with van der Waals surface area (Å²) in [5.74, 6) is 1.04. The number of carbonyl (C=O) groups excluding carboxylic acids is 1. The van der Waals surface area contributed by atoms with Gasteiger partial charge in [0.25, 0.3) is 5.24 Å². The van der Waals surface area contributed by atoms with E-state index in [0.717, 1.165) is 55.3 Å². The van der Waals surface area contributed by atoms with E-state index in [9.17, 15) is 4.79 Å². The molecule has 0 atom stereocenters. The molecular formula is C24H31N5OS. The van der Waals surface area contributed by atoms with Crippen LogP contribution in [0.3, 0.4) is 0 Å². The molecular weight excluding hydrogens is 406 g/mol. The molecule has 1 aliphatic heterocycles. The van der Waals surface area contributed by atoms with Crippen molar-refractivity contribution in [1.29, 1.82) is 0 Å². The molecule has 6 nitrogen and oxygen atoms in total. The van der Waals surface area contributed by atoms with Crippen molar-refractivity contribution in [1.82, 2.24) is 18.8 Å². The smallest absolute Gasteiger partial charge is 0.298 e. The van der Waals surface area contributed by atoms with Crippen LogP contribution in [0.4, 0.5) is 10.5 Å². The van der Waals surface area contributed by atoms with Gasteiger partial charge in [0, 0.05) is 55.8 Å². The number of hydrogen-bond acceptors (Lipinski definition) is 5. The van der Waals surface area contributed by atoms with Crippen LogP contribution >= 0.6 is 11.9 Å². The zero-order valence-corrected chi connectivity index (χ0v) is 19.6. The van der Waals surface area contributed by atoms with Gasteiger partial charge in [0.2, 0.25) is 0 Å². The minimum atomic E-state index is -0.0888. The normalized spacial score (nSPS) is 16.0. The molecule has 3 aromatic rings. The Labute approximate surface area is 188 Å². The monoisotopic (exact) mass is 437 g/mol. The molecule has 164 valence electrons. The number of fused-ring (bicyclic) bond motifs is 1. The van der Waals surface area contributed by atoms with E-state index in [-0.39, 0.29) is 10.7 Å². The SMILES string of the molecule is CN1CCN(SC(=O)Nc2ccc3nc(C(C)(C)C)n(Cc4ccccc4)c3c2)CC1. The van der Waals surface area contributed by atoms with Crippen molar-refractivity contribution in [3.05, 3.63) is 59.9 Å². The van der Waals surface area contributed by atoms with E-state index in [0.29, 0.717) is 0 Å². The number of nitrogens with one attached hydrogen (secondary N) is 1. The van der Waals surface area contributed by atoms with Gasteiger partial charge in [-0.15, -0.1) is 0 Å². The molecule has 0 saturated carbocycles. The molecule has 1 aromatic heterocycles. The number of amides is 1. The zero-order chi connectivity index (χ0) is 22.0. The summed E-state index contributed by atoms with van der Waals surface area (Å²) in [6.45, 7) is 11.1. The van der Waals surface area contributed by atoms with E-state index in [2.05, 4.69) is 71.2 Å². The maximum Gasteiger partial charge on any atom is 0.298 e. The molecule has 0 unspecified atom stereocenters. The summed E-state index contributed by atoms with van der Waals surface area (Å²) in [4.78, 5) is 19.8. The van der Waals surface area contributed by atoms with Crippen molar-refractivity contribution in [3.8, 4) is 0 Å². The van der Waals surface area contributed by atoms with Gasteiger partial charge in [0.15, 0.2) is 0 Å². The predicted octanol–water partition coefficient (Wildman–Crippen LogP) is 4.81. The van der Waals surface area contributed by atoms with Gasteiger partial charge in [0.05, 0.1) is 11.0 Å². The van der Waals surface area contributed by atoms with Crippen molar-refractivity contribution in [2.24, 2.45) is 0 Å². The van der Waals surface area contributed by atoms with Crippen LogP contribution in [-0.2, 0) is 12.0 Å². The number of benzene rings is 2. The second kappa shape index (κ2) is 9.02. The van der Waals surface area contributed by atoms with Gasteiger partial charge in [-0.25, -0.2) is 9.29 Å². The van der Waals surface area contributed by atoms with Crippen molar-refractivity contribution >= 4 is 33.9 Å². The summed E-state index contributed by atoms with van der Waals surface area (Å²) in [7, 11) is 2.11. The minimum absolute atomic E-state index is 0.0472. The first kappa shape index (κ1) is 21.9. The van der Waals surface area contributed by atoms with E-state index in [4.69, 9.17) is 4.98 Å². The maximum absolute atomic E-state index is 12.6. The molecule has 0 bridgehead atoms. The van der Waals surface area contributed by atoms with Crippen LogP contribution in [0.2, 0.25) is 0 Å². The molecule has 2 heterocycles. The lowest BCUT2D eigenvalue weighted by Crippen LogP contribution is -2.41. The lowest BCUT2D eigenvalue weighted by Gasteiger charge is -2.30. The number of rotatable bonds is 4. The molecule has 7 heteroatoms. The Balaban J connectivity index is 1.58. The molecule has 31 heavy (non-hydrogen) atoms. The summed E-state index contributed by atoms with van der Waals surface area (Å²) in [5, 5.41) is 3.01. The van der Waals surface area contributed by atoms with Gasteiger partial charge in [-0.2, -0.15) is 0 Å². The number of carbonyl (C=O) groups is 1. The fourth-order valence-electron chi connectivity index (χ4n) is 3.84. The van der Waals surface area contributed by atoms with Gasteiger partial charge in [-0.1, -0.05) is 51.1 Å². The van der Waals surface area contributed by atoms with Gasteiger partial charge in [-0.3, -0.25) is 4.79 Å². The molecule has 0 spiro atoms. The van der Waals surface area contributed by atoms with Crippen LogP contribution in [0.15, 0.2) is 48.5 Å². The Hall–Kier alpha value is -2.35. The first-order chi connectivity index (χ1) is 14.8. The number of likely N-dealkylation sites (N-methyl/N-ethyl adjacent to an activating group) is 1. The van der Waals surface area contributed by atoms with Gasteiger partial charge in [0.1, 0.15) is 5.82 Å².